The largest absolute Gasteiger partial charge is 0.674 e. The summed E-state index contributed by atoms with van der Waals surface area (Å²) >= 11 is 0. The molecular formula is C16H17BN3O+. The Morgan fingerprint density at radius 2 is 1.95 bits per heavy atom. The van der Waals surface area contributed by atoms with E-state index in [2.05, 4.69) is 71.8 Å². The number of hydrogen-bond donors (Lipinski definition) is 0. The number of fused-ring (bicyclic) bond motifs is 3. The third-order valence-corrected chi connectivity index (χ3v) is 4.24. The van der Waals surface area contributed by atoms with Crippen LogP contribution in [-0.4, -0.2) is 18.7 Å². The van der Waals surface area contributed by atoms with Crippen molar-refractivity contribution in [2.45, 2.75) is 6.92 Å². The predicted octanol–water partition coefficient (Wildman–Crippen LogP) is 2.49. The molecule has 3 aromatic rings. The zero-order valence-corrected chi connectivity index (χ0v) is 12.4. The van der Waals surface area contributed by atoms with Crippen LogP contribution in [0.2, 0.25) is 0 Å². The molecule has 3 heterocycles. The molecule has 5 heteroatoms. The van der Waals surface area contributed by atoms with Crippen LogP contribution in [0, 0.1) is 0 Å². The van der Waals surface area contributed by atoms with E-state index in [4.69, 9.17) is 4.42 Å². The van der Waals surface area contributed by atoms with E-state index in [0.717, 1.165) is 11.5 Å². The van der Waals surface area contributed by atoms with E-state index >= 15 is 0 Å². The van der Waals surface area contributed by atoms with Gasteiger partial charge in [0.15, 0.2) is 12.1 Å². The Bertz CT molecular complexity index is 861. The highest BCUT2D eigenvalue weighted by atomic mass is 16.4. The van der Waals surface area contributed by atoms with Gasteiger partial charge < -0.3 is 9.23 Å². The molecule has 0 fully saturated rings. The molecule has 0 spiro atoms. The molecule has 4 rings (SSSR count). The Kier molecular flexibility index (Phi) is 2.51. The number of allylic oxidation sites excluding steroid dienone is 1. The fourth-order valence-electron chi connectivity index (χ4n) is 3.25. The molecule has 0 radical (unpaired) electrons. The summed E-state index contributed by atoms with van der Waals surface area (Å²) in [7, 11) is 4.14. The van der Waals surface area contributed by atoms with E-state index in [0.29, 0.717) is 0 Å². The molecule has 0 saturated carbocycles. The minimum absolute atomic E-state index is 0.137. The molecule has 1 aliphatic heterocycles. The highest BCUT2D eigenvalue weighted by molar-refractivity contribution is 6.64. The SMILES string of the molecule is CC1=Cc2c(oc3ccccc23)N(C)B1[n+]1cccn1C. The standard InChI is InChI=1S/C16H17BN3O/c1-12-11-14-13-7-4-5-8-15(13)21-16(14)19(3)17(12)20-10-6-9-18(20)2/h4-11H,1-3H3/q+1. The topological polar surface area (TPSA) is 25.2 Å². The van der Waals surface area contributed by atoms with E-state index in [-0.39, 0.29) is 6.98 Å². The van der Waals surface area contributed by atoms with E-state index < -0.39 is 0 Å². The smallest absolute Gasteiger partial charge is 0.441 e. The summed E-state index contributed by atoms with van der Waals surface area (Å²) in [6.45, 7) is 2.31. The van der Waals surface area contributed by atoms with Crippen LogP contribution in [0.1, 0.15) is 12.5 Å². The zero-order chi connectivity index (χ0) is 14.6. The molecule has 0 saturated heterocycles. The first-order chi connectivity index (χ1) is 10.2. The molecule has 1 aliphatic rings. The average molecular weight is 278 g/mol. The van der Waals surface area contributed by atoms with Crippen LogP contribution in [0.25, 0.3) is 17.0 Å². The maximum Gasteiger partial charge on any atom is 0.674 e. The first kappa shape index (κ1) is 12.3. The average Bonchev–Trinajstić information content (AvgIpc) is 3.04. The quantitative estimate of drug-likeness (QED) is 0.639. The van der Waals surface area contributed by atoms with Gasteiger partial charge in [0.05, 0.1) is 13.2 Å². The summed E-state index contributed by atoms with van der Waals surface area (Å²) in [5, 5.41) is 1.18. The lowest BCUT2D eigenvalue weighted by Gasteiger charge is -2.23. The van der Waals surface area contributed by atoms with Gasteiger partial charge in [-0.1, -0.05) is 18.2 Å². The lowest BCUT2D eigenvalue weighted by atomic mass is 9.64. The van der Waals surface area contributed by atoms with Crippen molar-refractivity contribution in [2.24, 2.45) is 7.05 Å². The van der Waals surface area contributed by atoms with Crippen molar-refractivity contribution < 1.29 is 9.01 Å². The number of aryl methyl sites for hydroxylation is 1. The van der Waals surface area contributed by atoms with Gasteiger partial charge in [0.2, 0.25) is 0 Å². The summed E-state index contributed by atoms with van der Waals surface area (Å²) in [5.41, 5.74) is 3.41. The third-order valence-electron chi connectivity index (χ3n) is 4.24. The summed E-state index contributed by atoms with van der Waals surface area (Å²) in [6, 6.07) is 10.3. The van der Waals surface area contributed by atoms with Crippen LogP contribution in [-0.2, 0) is 7.05 Å². The van der Waals surface area contributed by atoms with Crippen LogP contribution in [0.15, 0.2) is 52.6 Å². The molecule has 1 aromatic carbocycles. The van der Waals surface area contributed by atoms with Gasteiger partial charge in [0.1, 0.15) is 5.58 Å². The van der Waals surface area contributed by atoms with Gasteiger partial charge in [-0.2, -0.15) is 9.27 Å². The second-order valence-electron chi connectivity index (χ2n) is 5.63. The van der Waals surface area contributed by atoms with Gasteiger partial charge in [0, 0.05) is 29.5 Å². The van der Waals surface area contributed by atoms with Gasteiger partial charge in [-0.15, -0.1) is 0 Å². The molecule has 0 bridgehead atoms. The van der Waals surface area contributed by atoms with Gasteiger partial charge >= 0.3 is 6.98 Å². The zero-order valence-electron chi connectivity index (χ0n) is 12.4. The van der Waals surface area contributed by atoms with Gasteiger partial charge in [-0.05, 0) is 19.1 Å². The Hall–Kier alpha value is -2.43. The van der Waals surface area contributed by atoms with Crippen LogP contribution >= 0.6 is 0 Å². The molecule has 0 amide bonds. The number of hydrogen-bond acceptors (Lipinski definition) is 2. The predicted molar refractivity (Wildman–Crippen MR) is 85.0 cm³/mol. The molecule has 0 aliphatic carbocycles. The fourth-order valence-corrected chi connectivity index (χ4v) is 3.25. The minimum atomic E-state index is 0.137. The Labute approximate surface area is 124 Å². The number of rotatable bonds is 1. The molecule has 0 N–H and O–H groups in total. The lowest BCUT2D eigenvalue weighted by molar-refractivity contribution is -0.629. The molecule has 4 nitrogen and oxygen atoms in total. The Balaban J connectivity index is 1.93. The van der Waals surface area contributed by atoms with Crippen molar-refractivity contribution in [3.05, 3.63) is 53.8 Å². The normalized spacial score (nSPS) is 14.5. The van der Waals surface area contributed by atoms with Crippen LogP contribution in [0.4, 0.5) is 5.88 Å². The number of furan rings is 1. The summed E-state index contributed by atoms with van der Waals surface area (Å²) in [6.07, 6.45) is 6.38. The first-order valence-corrected chi connectivity index (χ1v) is 7.12. The highest BCUT2D eigenvalue weighted by Gasteiger charge is 2.45. The van der Waals surface area contributed by atoms with Gasteiger partial charge in [-0.3, -0.25) is 0 Å². The van der Waals surface area contributed by atoms with E-state index in [9.17, 15) is 0 Å². The van der Waals surface area contributed by atoms with Crippen molar-refractivity contribution in [2.75, 3.05) is 11.9 Å². The van der Waals surface area contributed by atoms with Gasteiger partial charge in [-0.25, -0.2) is 0 Å². The Morgan fingerprint density at radius 3 is 2.71 bits per heavy atom. The molecule has 0 unspecified atom stereocenters. The van der Waals surface area contributed by atoms with E-state index in [1.165, 1.54) is 16.4 Å². The summed E-state index contributed by atoms with van der Waals surface area (Å²) < 4.78 is 10.4. The van der Waals surface area contributed by atoms with Crippen molar-refractivity contribution in [3.63, 3.8) is 0 Å². The number of para-hydroxylation sites is 1. The second kappa shape index (κ2) is 4.28. The minimum Gasteiger partial charge on any atom is -0.441 e. The molecular weight excluding hydrogens is 261 g/mol. The van der Waals surface area contributed by atoms with E-state index in [1.54, 1.807) is 0 Å². The highest BCUT2D eigenvalue weighted by Crippen LogP contribution is 2.37. The first-order valence-electron chi connectivity index (χ1n) is 7.12. The third kappa shape index (κ3) is 1.67. The number of nitrogens with zero attached hydrogens (tertiary/aromatic N) is 3. The monoisotopic (exact) mass is 278 g/mol. The maximum atomic E-state index is 6.08. The van der Waals surface area contributed by atoms with Crippen LogP contribution in [0.3, 0.4) is 0 Å². The van der Waals surface area contributed by atoms with Crippen molar-refractivity contribution >= 4 is 29.9 Å². The summed E-state index contributed by atoms with van der Waals surface area (Å²) in [4.78, 5) is 2.20. The van der Waals surface area contributed by atoms with Crippen LogP contribution < -0.4 is 9.40 Å². The van der Waals surface area contributed by atoms with Crippen molar-refractivity contribution in [1.29, 1.82) is 0 Å². The van der Waals surface area contributed by atoms with Crippen LogP contribution in [0.5, 0.6) is 0 Å². The number of benzene rings is 1. The molecule has 0 atom stereocenters. The van der Waals surface area contributed by atoms with Crippen molar-refractivity contribution in [3.8, 4) is 0 Å². The number of anilines is 1. The lowest BCUT2D eigenvalue weighted by Crippen LogP contribution is -2.66. The summed E-state index contributed by atoms with van der Waals surface area (Å²) in [5.74, 6) is 0.931. The van der Waals surface area contributed by atoms with Gasteiger partial charge in [0.25, 0.3) is 0 Å². The number of aromatic nitrogens is 2. The Morgan fingerprint density at radius 1 is 1.14 bits per heavy atom. The maximum absolute atomic E-state index is 6.08. The second-order valence-corrected chi connectivity index (χ2v) is 5.63. The van der Waals surface area contributed by atoms with Crippen molar-refractivity contribution in [1.82, 2.24) is 4.68 Å². The molecule has 21 heavy (non-hydrogen) atoms. The molecule has 2 aromatic heterocycles. The van der Waals surface area contributed by atoms with E-state index in [1.807, 2.05) is 12.1 Å². The molecule has 104 valence electrons. The fraction of sp³-hybridized carbons (Fsp3) is 0.188.